The van der Waals surface area contributed by atoms with Gasteiger partial charge in [0.25, 0.3) is 0 Å². The van der Waals surface area contributed by atoms with Crippen LogP contribution in [0.5, 0.6) is 0 Å². The van der Waals surface area contributed by atoms with E-state index in [0.717, 1.165) is 17.0 Å². The Labute approximate surface area is 235 Å². The number of hydrogen-bond donors (Lipinski definition) is 1. The molecule has 191 valence electrons. The molecule has 2 heterocycles. The first-order chi connectivity index (χ1) is 14.5. The van der Waals surface area contributed by atoms with Crippen LogP contribution in [0.3, 0.4) is 0 Å². The van der Waals surface area contributed by atoms with Crippen molar-refractivity contribution in [1.82, 2.24) is 15.0 Å². The smallest absolute Gasteiger partial charge is 0.0535 e. The van der Waals surface area contributed by atoms with Crippen molar-refractivity contribution in [2.75, 3.05) is 4.90 Å². The quantitative estimate of drug-likeness (QED) is 0.398. The Kier molecular flexibility index (Phi) is 9.39. The largest absolute Gasteiger partial charge is 0.432 e. The molecule has 0 aliphatic heterocycles. The molecule has 0 saturated carbocycles. The van der Waals surface area contributed by atoms with Crippen LogP contribution in [0.25, 0.3) is 11.2 Å². The minimum absolute atomic E-state index is 0. The second kappa shape index (κ2) is 10.1. The zero-order chi connectivity index (χ0) is 25.8. The van der Waals surface area contributed by atoms with Crippen LogP contribution < -0.4 is 4.90 Å². The van der Waals surface area contributed by atoms with Crippen LogP contribution in [-0.4, -0.2) is 26.5 Å². The molecular weight excluding hydrogens is 493 g/mol. The summed E-state index contributed by atoms with van der Waals surface area (Å²) in [4.78, 5) is 15.7. The van der Waals surface area contributed by atoms with E-state index in [4.69, 9.17) is 9.97 Å². The zero-order valence-corrected chi connectivity index (χ0v) is 27.6. The maximum atomic E-state index is 5.23. The minimum Gasteiger partial charge on any atom is -0.432 e. The number of aromatic amines is 1. The number of anilines is 1. The second-order valence-electron chi connectivity index (χ2n) is 15.1. The van der Waals surface area contributed by atoms with Gasteiger partial charge in [0.1, 0.15) is 0 Å². The standard InChI is InChI=1S/C29H50N4.Y/c1-25(2,3)16-19(26(4,5)6)23(28(10,11)12)33(29(13,14)15)21-18-31-24-22(32-21)20(17-30-24)27(7,8)9;/h16-17,19,23H,1-15H3,(H,30,31);/q-2;. The Hall–Kier alpha value is -0.476. The van der Waals surface area contributed by atoms with E-state index in [0.29, 0.717) is 5.92 Å². The molecule has 1 N–H and O–H groups in total. The third kappa shape index (κ3) is 7.51. The summed E-state index contributed by atoms with van der Waals surface area (Å²) in [7, 11) is 0. The number of fused-ring (bicyclic) bond motifs is 1. The monoisotopic (exact) mass is 543 g/mol. The average molecular weight is 544 g/mol. The predicted octanol–water partition coefficient (Wildman–Crippen LogP) is 7.99. The Bertz CT molecular complexity index is 940. The van der Waals surface area contributed by atoms with Gasteiger partial charge in [0.05, 0.1) is 5.82 Å². The molecule has 2 atom stereocenters. The van der Waals surface area contributed by atoms with Crippen molar-refractivity contribution in [3.63, 3.8) is 0 Å². The summed E-state index contributed by atoms with van der Waals surface area (Å²) in [6, 6.07) is 0.205. The molecule has 0 amide bonds. The SMILES string of the molecule is CC(C)(C)[CH-]C(C(N(c1[c-]nc2[nH]cc(C(C)(C)C)c2n1)C(C)(C)C)C(C)(C)C)C(C)(C)C.[Y]. The van der Waals surface area contributed by atoms with Crippen molar-refractivity contribution in [3.8, 4) is 0 Å². The number of hydrogen-bond acceptors (Lipinski definition) is 3. The van der Waals surface area contributed by atoms with Gasteiger partial charge in [0.2, 0.25) is 0 Å². The molecule has 0 fully saturated rings. The van der Waals surface area contributed by atoms with Crippen LogP contribution in [0.2, 0.25) is 0 Å². The molecule has 0 aliphatic carbocycles. The van der Waals surface area contributed by atoms with E-state index >= 15 is 0 Å². The fourth-order valence-corrected chi connectivity index (χ4v) is 4.83. The van der Waals surface area contributed by atoms with E-state index in [-0.39, 0.29) is 65.9 Å². The number of aromatic nitrogens is 3. The average Bonchev–Trinajstić information content (AvgIpc) is 2.97. The van der Waals surface area contributed by atoms with Crippen LogP contribution in [0.15, 0.2) is 6.20 Å². The molecule has 34 heavy (non-hydrogen) atoms. The van der Waals surface area contributed by atoms with Crippen molar-refractivity contribution in [2.45, 2.75) is 121 Å². The first-order valence-corrected chi connectivity index (χ1v) is 12.5. The summed E-state index contributed by atoms with van der Waals surface area (Å²) in [6.07, 6.45) is 7.94. The molecule has 0 bridgehead atoms. The molecule has 0 aromatic carbocycles. The Morgan fingerprint density at radius 2 is 1.38 bits per heavy atom. The summed E-state index contributed by atoms with van der Waals surface area (Å²) in [5.74, 6) is 1.16. The van der Waals surface area contributed by atoms with Crippen LogP contribution in [0, 0.1) is 34.8 Å². The number of rotatable bonds is 4. The van der Waals surface area contributed by atoms with Crippen LogP contribution in [0.4, 0.5) is 5.82 Å². The maximum absolute atomic E-state index is 5.23. The fourth-order valence-electron chi connectivity index (χ4n) is 4.83. The Morgan fingerprint density at radius 1 is 0.853 bits per heavy atom. The molecule has 5 heteroatoms. The zero-order valence-electron chi connectivity index (χ0n) is 24.7. The first-order valence-electron chi connectivity index (χ1n) is 12.5. The molecule has 2 aromatic heterocycles. The molecule has 2 aromatic rings. The summed E-state index contributed by atoms with van der Waals surface area (Å²) >= 11 is 0. The molecule has 2 unspecified atom stereocenters. The topological polar surface area (TPSA) is 44.8 Å². The van der Waals surface area contributed by atoms with Gasteiger partial charge < -0.3 is 21.3 Å². The fraction of sp³-hybridized carbons (Fsp3) is 0.759. The van der Waals surface area contributed by atoms with Crippen molar-refractivity contribution in [3.05, 3.63) is 24.4 Å². The molecule has 0 aliphatic rings. The van der Waals surface area contributed by atoms with E-state index in [9.17, 15) is 0 Å². The second-order valence-corrected chi connectivity index (χ2v) is 15.1. The van der Waals surface area contributed by atoms with Gasteiger partial charge >= 0.3 is 0 Å². The van der Waals surface area contributed by atoms with E-state index in [1.807, 2.05) is 0 Å². The van der Waals surface area contributed by atoms with Crippen molar-refractivity contribution in [2.24, 2.45) is 22.2 Å². The van der Waals surface area contributed by atoms with E-state index < -0.39 is 0 Å². The van der Waals surface area contributed by atoms with E-state index in [2.05, 4.69) is 133 Å². The number of H-pyrrole nitrogens is 1. The maximum Gasteiger partial charge on any atom is 0.0535 e. The summed E-state index contributed by atoms with van der Waals surface area (Å²) in [6.45, 7) is 34.6. The first kappa shape index (κ1) is 31.6. The molecule has 0 saturated heterocycles. The molecular formula is C29H50N4Y-2. The van der Waals surface area contributed by atoms with Gasteiger partial charge in [-0.15, -0.1) is 12.1 Å². The van der Waals surface area contributed by atoms with Gasteiger partial charge in [-0.3, -0.25) is 4.98 Å². The third-order valence-corrected chi connectivity index (χ3v) is 6.26. The summed E-state index contributed by atoms with van der Waals surface area (Å²) in [5, 5.41) is 0. The number of nitrogens with zero attached hydrogens (tertiary/aromatic N) is 3. The normalized spacial score (nSPS) is 15.7. The van der Waals surface area contributed by atoms with E-state index in [1.54, 1.807) is 0 Å². The predicted molar refractivity (Wildman–Crippen MR) is 144 cm³/mol. The third-order valence-electron chi connectivity index (χ3n) is 6.26. The van der Waals surface area contributed by atoms with Crippen LogP contribution in [0.1, 0.15) is 109 Å². The van der Waals surface area contributed by atoms with Gasteiger partial charge in [-0.1, -0.05) is 88.5 Å². The summed E-state index contributed by atoms with van der Waals surface area (Å²) in [5.41, 5.74) is 2.95. The Morgan fingerprint density at radius 3 is 1.76 bits per heavy atom. The van der Waals surface area contributed by atoms with Crippen molar-refractivity contribution in [1.29, 1.82) is 0 Å². The van der Waals surface area contributed by atoms with Crippen LogP contribution >= 0.6 is 0 Å². The van der Waals surface area contributed by atoms with Gasteiger partial charge in [-0.2, -0.15) is 5.41 Å². The molecule has 4 nitrogen and oxygen atoms in total. The van der Waals surface area contributed by atoms with Crippen molar-refractivity contribution >= 4 is 17.0 Å². The molecule has 0 spiro atoms. The van der Waals surface area contributed by atoms with E-state index in [1.165, 1.54) is 5.56 Å². The minimum atomic E-state index is -0.162. The number of nitrogens with one attached hydrogen (secondary N) is 1. The van der Waals surface area contributed by atoms with Gasteiger partial charge in [0.15, 0.2) is 0 Å². The van der Waals surface area contributed by atoms with Gasteiger partial charge in [-0.05, 0) is 49.0 Å². The van der Waals surface area contributed by atoms with Crippen LogP contribution in [-0.2, 0) is 38.1 Å². The van der Waals surface area contributed by atoms with Crippen molar-refractivity contribution < 1.29 is 32.7 Å². The molecule has 2 rings (SSSR count). The van der Waals surface area contributed by atoms with Gasteiger partial charge in [-0.25, -0.2) is 0 Å². The molecule has 1 radical (unpaired) electrons. The van der Waals surface area contributed by atoms with Gasteiger partial charge in [0, 0.05) is 49.8 Å². The Balaban J connectivity index is 0.00000578. The summed E-state index contributed by atoms with van der Waals surface area (Å²) < 4.78 is 0.